The highest BCUT2D eigenvalue weighted by Gasteiger charge is 2.11. The third kappa shape index (κ3) is 6.39. The summed E-state index contributed by atoms with van der Waals surface area (Å²) in [6.45, 7) is 9.17. The van der Waals surface area contributed by atoms with Gasteiger partial charge in [0.15, 0.2) is 9.76 Å². The normalized spacial score (nSPS) is 13.5. The van der Waals surface area contributed by atoms with Crippen molar-refractivity contribution >= 4 is 17.8 Å². The summed E-state index contributed by atoms with van der Waals surface area (Å²) < 4.78 is 5.40. The zero-order valence-corrected chi connectivity index (χ0v) is 8.74. The van der Waals surface area contributed by atoms with Crippen molar-refractivity contribution in [3.63, 3.8) is 0 Å². The SMILES string of the molecule is C[SiH2]OC[Si](C)(C)C. The molecule has 0 rings (SSSR count). The van der Waals surface area contributed by atoms with E-state index in [1.807, 2.05) is 0 Å². The maximum absolute atomic E-state index is 5.40. The van der Waals surface area contributed by atoms with Gasteiger partial charge in [-0.15, -0.1) is 0 Å². The first-order valence-corrected chi connectivity index (χ1v) is 8.84. The molecule has 1 nitrogen and oxygen atoms in total. The van der Waals surface area contributed by atoms with Gasteiger partial charge >= 0.3 is 0 Å². The molecule has 0 unspecified atom stereocenters. The van der Waals surface area contributed by atoms with E-state index in [1.165, 1.54) is 0 Å². The molecule has 0 amide bonds. The van der Waals surface area contributed by atoms with E-state index < -0.39 is 8.07 Å². The van der Waals surface area contributed by atoms with E-state index in [0.717, 1.165) is 6.23 Å². The van der Waals surface area contributed by atoms with Gasteiger partial charge in [-0.1, -0.05) is 26.2 Å². The lowest BCUT2D eigenvalue weighted by molar-refractivity contribution is 0.406. The number of hydrogen-bond acceptors (Lipinski definition) is 1. The van der Waals surface area contributed by atoms with Gasteiger partial charge in [0, 0.05) is 6.23 Å². The fourth-order valence-corrected chi connectivity index (χ4v) is 3.67. The first kappa shape index (κ1) is 8.39. The Kier molecular flexibility index (Phi) is 3.59. The van der Waals surface area contributed by atoms with Crippen LogP contribution in [0.2, 0.25) is 26.2 Å². The molecule has 0 aromatic carbocycles. The molecule has 0 aromatic rings. The van der Waals surface area contributed by atoms with Crippen LogP contribution in [0.5, 0.6) is 0 Å². The summed E-state index contributed by atoms with van der Waals surface area (Å²) in [5, 5.41) is 0. The second-order valence-electron chi connectivity index (χ2n) is 3.20. The van der Waals surface area contributed by atoms with Gasteiger partial charge in [-0.05, 0) is 0 Å². The molecule has 0 aliphatic rings. The summed E-state index contributed by atoms with van der Waals surface area (Å²) in [5.41, 5.74) is 0. The Balaban J connectivity index is 3.11. The van der Waals surface area contributed by atoms with Gasteiger partial charge in [0.1, 0.15) is 0 Å². The largest absolute Gasteiger partial charge is 0.427 e. The zero-order valence-electron chi connectivity index (χ0n) is 6.32. The highest BCUT2D eigenvalue weighted by Crippen LogP contribution is 1.98. The van der Waals surface area contributed by atoms with Gasteiger partial charge < -0.3 is 4.43 Å². The third-order valence-electron chi connectivity index (χ3n) is 0.739. The van der Waals surface area contributed by atoms with E-state index >= 15 is 0 Å². The molecular formula is C5H16OSi2. The zero-order chi connectivity index (χ0) is 6.62. The van der Waals surface area contributed by atoms with Crippen LogP contribution < -0.4 is 0 Å². The van der Waals surface area contributed by atoms with Crippen molar-refractivity contribution in [3.05, 3.63) is 0 Å². The average molecular weight is 148 g/mol. The molecule has 0 N–H and O–H groups in total. The lowest BCUT2D eigenvalue weighted by atomic mass is 11.7. The Hall–Kier alpha value is 0.394. The fraction of sp³-hybridized carbons (Fsp3) is 1.00. The highest BCUT2D eigenvalue weighted by atomic mass is 28.3. The summed E-state index contributed by atoms with van der Waals surface area (Å²) >= 11 is 0. The second-order valence-corrected chi connectivity index (χ2v) is 9.59. The maximum atomic E-state index is 5.40. The third-order valence-corrected chi connectivity index (χ3v) is 2.83. The lowest BCUT2D eigenvalue weighted by Crippen LogP contribution is -2.28. The van der Waals surface area contributed by atoms with Gasteiger partial charge in [0.05, 0.1) is 8.07 Å². The number of hydrogen-bond donors (Lipinski definition) is 0. The molecule has 0 atom stereocenters. The van der Waals surface area contributed by atoms with Crippen molar-refractivity contribution in [1.29, 1.82) is 0 Å². The topological polar surface area (TPSA) is 9.23 Å². The van der Waals surface area contributed by atoms with E-state index in [0.29, 0.717) is 0 Å². The molecule has 0 saturated heterocycles. The van der Waals surface area contributed by atoms with Crippen molar-refractivity contribution in [2.75, 3.05) is 6.23 Å². The van der Waals surface area contributed by atoms with Crippen molar-refractivity contribution in [2.45, 2.75) is 26.2 Å². The monoisotopic (exact) mass is 148 g/mol. The Labute approximate surface area is 55.4 Å². The Morgan fingerprint density at radius 2 is 1.88 bits per heavy atom. The molecule has 0 aromatic heterocycles. The first-order chi connectivity index (χ1) is 3.56. The molecule has 0 aliphatic carbocycles. The molecule has 50 valence electrons. The van der Waals surface area contributed by atoms with Gasteiger partial charge in [0.2, 0.25) is 0 Å². The van der Waals surface area contributed by atoms with Crippen molar-refractivity contribution < 1.29 is 4.43 Å². The number of rotatable bonds is 3. The predicted octanol–water partition coefficient (Wildman–Crippen LogP) is 1.01. The predicted molar refractivity (Wildman–Crippen MR) is 43.7 cm³/mol. The summed E-state index contributed by atoms with van der Waals surface area (Å²) in [7, 11) is -0.997. The van der Waals surface area contributed by atoms with Crippen LogP contribution in [0.15, 0.2) is 0 Å². The summed E-state index contributed by atoms with van der Waals surface area (Å²) in [6.07, 6.45) is 1.07. The minimum Gasteiger partial charge on any atom is -0.427 e. The molecule has 8 heavy (non-hydrogen) atoms. The van der Waals surface area contributed by atoms with E-state index in [4.69, 9.17) is 4.43 Å². The van der Waals surface area contributed by atoms with Gasteiger partial charge in [0.25, 0.3) is 0 Å². The van der Waals surface area contributed by atoms with Gasteiger partial charge in [-0.2, -0.15) is 0 Å². The van der Waals surface area contributed by atoms with E-state index in [9.17, 15) is 0 Å². The highest BCUT2D eigenvalue weighted by molar-refractivity contribution is 6.76. The van der Waals surface area contributed by atoms with Gasteiger partial charge in [-0.3, -0.25) is 0 Å². The van der Waals surface area contributed by atoms with Crippen molar-refractivity contribution in [2.24, 2.45) is 0 Å². The van der Waals surface area contributed by atoms with Crippen LogP contribution in [-0.4, -0.2) is 24.1 Å². The molecule has 0 spiro atoms. The minimum atomic E-state index is -0.866. The minimum absolute atomic E-state index is 0.131. The molecule has 0 fully saturated rings. The van der Waals surface area contributed by atoms with Crippen LogP contribution in [-0.2, 0) is 4.43 Å². The molecular weight excluding hydrogens is 132 g/mol. The summed E-state index contributed by atoms with van der Waals surface area (Å²) in [4.78, 5) is 0. The van der Waals surface area contributed by atoms with E-state index in [-0.39, 0.29) is 9.76 Å². The molecule has 0 aliphatic heterocycles. The molecule has 0 heterocycles. The Morgan fingerprint density at radius 3 is 2.00 bits per heavy atom. The average Bonchev–Trinajstić information content (AvgIpc) is 1.59. The van der Waals surface area contributed by atoms with Crippen molar-refractivity contribution in [3.8, 4) is 0 Å². The van der Waals surface area contributed by atoms with Crippen LogP contribution in [0.4, 0.5) is 0 Å². The summed E-state index contributed by atoms with van der Waals surface area (Å²) in [5.74, 6) is 0. The van der Waals surface area contributed by atoms with E-state index in [1.54, 1.807) is 0 Å². The maximum Gasteiger partial charge on any atom is 0.157 e. The first-order valence-electron chi connectivity index (χ1n) is 3.14. The van der Waals surface area contributed by atoms with Crippen LogP contribution >= 0.6 is 0 Å². The molecule has 0 saturated carbocycles. The fourth-order valence-electron chi connectivity index (χ4n) is 0.408. The Morgan fingerprint density at radius 1 is 1.38 bits per heavy atom. The second kappa shape index (κ2) is 3.43. The quantitative estimate of drug-likeness (QED) is 0.543. The molecule has 3 heteroatoms. The van der Waals surface area contributed by atoms with Crippen LogP contribution in [0.3, 0.4) is 0 Å². The van der Waals surface area contributed by atoms with Crippen LogP contribution in [0, 0.1) is 0 Å². The standard InChI is InChI=1S/C5H16OSi2/c1-7-6-5-8(2,3)4/h5,7H2,1-4H3. The van der Waals surface area contributed by atoms with Crippen molar-refractivity contribution in [1.82, 2.24) is 0 Å². The lowest BCUT2D eigenvalue weighted by Gasteiger charge is -2.14. The van der Waals surface area contributed by atoms with Crippen LogP contribution in [0.25, 0.3) is 0 Å². The van der Waals surface area contributed by atoms with Crippen LogP contribution in [0.1, 0.15) is 0 Å². The Bertz CT molecular complexity index is 57.9. The molecule has 0 radical (unpaired) electrons. The van der Waals surface area contributed by atoms with E-state index in [2.05, 4.69) is 26.2 Å². The molecule has 0 bridgehead atoms. The summed E-state index contributed by atoms with van der Waals surface area (Å²) in [6, 6.07) is 0. The van der Waals surface area contributed by atoms with Gasteiger partial charge in [-0.25, -0.2) is 0 Å². The smallest absolute Gasteiger partial charge is 0.157 e.